The number of piperidine rings is 1. The molecule has 29 heavy (non-hydrogen) atoms. The number of nitrogens with zero attached hydrogens (tertiary/aromatic N) is 4. The van der Waals surface area contributed by atoms with Crippen molar-refractivity contribution in [3.63, 3.8) is 0 Å². The number of aromatic nitrogens is 3. The fourth-order valence-electron chi connectivity index (χ4n) is 4.66. The van der Waals surface area contributed by atoms with Crippen LogP contribution in [0.5, 0.6) is 5.75 Å². The van der Waals surface area contributed by atoms with Crippen LogP contribution in [0.15, 0.2) is 24.4 Å². The summed E-state index contributed by atoms with van der Waals surface area (Å²) in [5.74, 6) is 0.812. The van der Waals surface area contributed by atoms with Crippen LogP contribution >= 0.6 is 0 Å². The summed E-state index contributed by atoms with van der Waals surface area (Å²) < 4.78 is 13.2. The molecule has 5 rings (SSSR count). The van der Waals surface area contributed by atoms with Gasteiger partial charge in [0.05, 0.1) is 19.3 Å². The summed E-state index contributed by atoms with van der Waals surface area (Å²) in [6, 6.07) is 5.62. The molecular weight excluding hydrogens is 370 g/mol. The first-order chi connectivity index (χ1) is 14.1. The number of hydrogen-bond donors (Lipinski definition) is 1. The number of fused-ring (bicyclic) bond motifs is 3. The van der Waals surface area contributed by atoms with Crippen LogP contribution in [0.1, 0.15) is 42.6 Å². The summed E-state index contributed by atoms with van der Waals surface area (Å²) in [6.07, 6.45) is 6.93. The predicted octanol–water partition coefficient (Wildman–Crippen LogP) is 2.65. The molecule has 0 bridgehead atoms. The van der Waals surface area contributed by atoms with Gasteiger partial charge in [-0.25, -0.2) is 9.97 Å². The summed E-state index contributed by atoms with van der Waals surface area (Å²) in [4.78, 5) is 24.3. The van der Waals surface area contributed by atoms with Crippen molar-refractivity contribution in [2.24, 2.45) is 0 Å². The Balaban J connectivity index is 1.52. The van der Waals surface area contributed by atoms with Crippen LogP contribution in [0.25, 0.3) is 16.6 Å². The van der Waals surface area contributed by atoms with E-state index in [-0.39, 0.29) is 17.5 Å². The van der Waals surface area contributed by atoms with E-state index in [9.17, 15) is 4.79 Å². The maximum Gasteiger partial charge on any atom is 0.274 e. The highest BCUT2D eigenvalue weighted by atomic mass is 16.5. The van der Waals surface area contributed by atoms with Crippen molar-refractivity contribution in [3.05, 3.63) is 30.1 Å². The van der Waals surface area contributed by atoms with Crippen molar-refractivity contribution < 1.29 is 14.3 Å². The van der Waals surface area contributed by atoms with Gasteiger partial charge in [0.2, 0.25) is 5.95 Å². The molecule has 1 amide bonds. The van der Waals surface area contributed by atoms with Gasteiger partial charge in [0.25, 0.3) is 5.91 Å². The Morgan fingerprint density at radius 3 is 2.90 bits per heavy atom. The van der Waals surface area contributed by atoms with E-state index in [0.717, 1.165) is 50.6 Å². The van der Waals surface area contributed by atoms with Crippen molar-refractivity contribution in [1.29, 1.82) is 0 Å². The summed E-state index contributed by atoms with van der Waals surface area (Å²) in [5.41, 5.74) is 7.59. The molecule has 2 saturated heterocycles. The number of nitrogens with two attached hydrogens (primary N) is 1. The quantitative estimate of drug-likeness (QED) is 0.717. The number of hydrogen-bond acceptors (Lipinski definition) is 6. The van der Waals surface area contributed by atoms with Gasteiger partial charge in [-0.05, 0) is 44.2 Å². The topological polar surface area (TPSA) is 95.0 Å². The molecule has 0 aliphatic carbocycles. The number of benzene rings is 1. The molecule has 4 heterocycles. The van der Waals surface area contributed by atoms with Gasteiger partial charge in [0.1, 0.15) is 22.6 Å². The lowest BCUT2D eigenvalue weighted by molar-refractivity contribution is -0.110. The van der Waals surface area contributed by atoms with Gasteiger partial charge in [-0.3, -0.25) is 9.20 Å². The van der Waals surface area contributed by atoms with Crippen molar-refractivity contribution >= 4 is 28.4 Å². The first kappa shape index (κ1) is 18.2. The fraction of sp³-hybridized carbons (Fsp3) is 0.476. The first-order valence-corrected chi connectivity index (χ1v) is 10.1. The third-order valence-corrected chi connectivity index (χ3v) is 6.12. The molecule has 1 atom stereocenters. The van der Waals surface area contributed by atoms with Crippen LogP contribution in [0.4, 0.5) is 5.95 Å². The molecule has 8 nitrogen and oxygen atoms in total. The third kappa shape index (κ3) is 2.98. The van der Waals surface area contributed by atoms with Crippen LogP contribution in [-0.4, -0.2) is 57.6 Å². The average Bonchev–Trinajstić information content (AvgIpc) is 3.20. The lowest BCUT2D eigenvalue weighted by Gasteiger charge is -2.44. The van der Waals surface area contributed by atoms with Crippen LogP contribution in [0.2, 0.25) is 0 Å². The highest BCUT2D eigenvalue weighted by Gasteiger charge is 2.39. The van der Waals surface area contributed by atoms with E-state index in [1.165, 1.54) is 0 Å². The summed E-state index contributed by atoms with van der Waals surface area (Å²) in [7, 11) is 1.59. The summed E-state index contributed by atoms with van der Waals surface area (Å²) >= 11 is 0. The highest BCUT2D eigenvalue weighted by Crippen LogP contribution is 2.34. The number of ether oxygens (including phenoxy) is 2. The second-order valence-corrected chi connectivity index (χ2v) is 7.97. The molecular formula is C21H25N5O3. The van der Waals surface area contributed by atoms with E-state index in [0.29, 0.717) is 29.2 Å². The Labute approximate surface area is 168 Å². The maximum absolute atomic E-state index is 13.3. The molecule has 8 heteroatoms. The van der Waals surface area contributed by atoms with Crippen molar-refractivity contribution in [3.8, 4) is 5.75 Å². The Morgan fingerprint density at radius 1 is 1.24 bits per heavy atom. The smallest absolute Gasteiger partial charge is 0.274 e. The highest BCUT2D eigenvalue weighted by molar-refractivity contribution is 5.99. The lowest BCUT2D eigenvalue weighted by Crippen LogP contribution is -2.53. The van der Waals surface area contributed by atoms with E-state index in [1.54, 1.807) is 17.7 Å². The van der Waals surface area contributed by atoms with Crippen molar-refractivity contribution in [2.75, 3.05) is 32.5 Å². The van der Waals surface area contributed by atoms with E-state index in [1.807, 2.05) is 23.1 Å². The van der Waals surface area contributed by atoms with Crippen LogP contribution in [0, 0.1) is 0 Å². The lowest BCUT2D eigenvalue weighted by atomic mass is 9.85. The third-order valence-electron chi connectivity index (χ3n) is 6.12. The Kier molecular flexibility index (Phi) is 4.31. The van der Waals surface area contributed by atoms with Gasteiger partial charge in [-0.2, -0.15) is 0 Å². The van der Waals surface area contributed by atoms with Crippen molar-refractivity contribution in [2.45, 2.75) is 37.7 Å². The number of anilines is 1. The van der Waals surface area contributed by atoms with E-state index in [2.05, 4.69) is 9.97 Å². The number of amides is 1. The molecule has 1 aromatic carbocycles. The SMILES string of the molecule is COc1cccc2c1nc(N)n1cc(C(=O)N3CCCC4(CCCCO4)C3)nc21. The average molecular weight is 395 g/mol. The van der Waals surface area contributed by atoms with E-state index < -0.39 is 0 Å². The number of carbonyl (C=O) groups excluding carboxylic acids is 1. The molecule has 2 fully saturated rings. The Morgan fingerprint density at radius 2 is 2.10 bits per heavy atom. The number of imidazole rings is 1. The van der Waals surface area contributed by atoms with Gasteiger partial charge in [-0.15, -0.1) is 0 Å². The fourth-order valence-corrected chi connectivity index (χ4v) is 4.66. The normalized spacial score (nSPS) is 22.4. The molecule has 0 radical (unpaired) electrons. The Bertz CT molecular complexity index is 1080. The van der Waals surface area contributed by atoms with Crippen molar-refractivity contribution in [1.82, 2.24) is 19.3 Å². The largest absolute Gasteiger partial charge is 0.494 e. The van der Waals surface area contributed by atoms with Gasteiger partial charge >= 0.3 is 0 Å². The molecule has 152 valence electrons. The molecule has 2 N–H and O–H groups in total. The molecule has 2 aromatic heterocycles. The maximum atomic E-state index is 13.3. The molecule has 3 aromatic rings. The molecule has 1 spiro atoms. The minimum absolute atomic E-state index is 0.0857. The van der Waals surface area contributed by atoms with E-state index >= 15 is 0 Å². The number of rotatable bonds is 2. The summed E-state index contributed by atoms with van der Waals surface area (Å²) in [6.45, 7) is 2.13. The van der Waals surface area contributed by atoms with Gasteiger partial charge in [0.15, 0.2) is 0 Å². The standard InChI is InChI=1S/C21H25N5O3/c1-28-16-7-4-6-14-17(16)24-20(22)26-12-15(23-18(14)26)19(27)25-10-5-9-21(13-25)8-2-3-11-29-21/h4,6-7,12H,2-3,5,8-11,13H2,1H3,(H2,22,24). The van der Waals surface area contributed by atoms with Gasteiger partial charge in [-0.1, -0.05) is 6.07 Å². The van der Waals surface area contributed by atoms with Gasteiger partial charge < -0.3 is 20.1 Å². The number of methoxy groups -OCH3 is 1. The molecule has 2 aliphatic heterocycles. The van der Waals surface area contributed by atoms with Crippen LogP contribution < -0.4 is 10.5 Å². The molecule has 1 unspecified atom stereocenters. The number of carbonyl (C=O) groups is 1. The van der Waals surface area contributed by atoms with E-state index in [4.69, 9.17) is 15.2 Å². The number of para-hydroxylation sites is 1. The molecule has 2 aliphatic rings. The summed E-state index contributed by atoms with van der Waals surface area (Å²) in [5, 5.41) is 0.795. The zero-order valence-electron chi connectivity index (χ0n) is 16.6. The minimum Gasteiger partial charge on any atom is -0.494 e. The minimum atomic E-state index is -0.189. The zero-order valence-corrected chi connectivity index (χ0v) is 16.6. The predicted molar refractivity (Wildman–Crippen MR) is 109 cm³/mol. The molecule has 0 saturated carbocycles. The van der Waals surface area contributed by atoms with Gasteiger partial charge in [0, 0.05) is 24.7 Å². The number of nitrogen functional groups attached to an aromatic ring is 1. The zero-order chi connectivity index (χ0) is 20.0. The second-order valence-electron chi connectivity index (χ2n) is 7.97. The van der Waals surface area contributed by atoms with Crippen LogP contribution in [0.3, 0.4) is 0 Å². The number of likely N-dealkylation sites (tertiary alicyclic amines) is 1. The first-order valence-electron chi connectivity index (χ1n) is 10.1. The monoisotopic (exact) mass is 395 g/mol. The van der Waals surface area contributed by atoms with Crippen LogP contribution in [-0.2, 0) is 4.74 Å². The second kappa shape index (κ2) is 6.88. The Hall–Kier alpha value is -2.87.